The maximum Gasteiger partial charge on any atom is 0.331 e. The van der Waals surface area contributed by atoms with Crippen LogP contribution in [0, 0.1) is 6.92 Å². The minimum atomic E-state index is -3.81. The van der Waals surface area contributed by atoms with E-state index in [1.54, 1.807) is 20.8 Å². The molecule has 116 valence electrons. The van der Waals surface area contributed by atoms with Crippen molar-refractivity contribution in [3.8, 4) is 0 Å². The quantitative estimate of drug-likeness (QED) is 0.909. The Hall–Kier alpha value is -1.82. The summed E-state index contributed by atoms with van der Waals surface area (Å²) in [5.74, 6) is 0. The van der Waals surface area contributed by atoms with Crippen molar-refractivity contribution in [1.29, 1.82) is 0 Å². The Morgan fingerprint density at radius 3 is 2.43 bits per heavy atom. The molecule has 1 rings (SSSR count). The van der Waals surface area contributed by atoms with Crippen LogP contribution >= 0.6 is 0 Å². The van der Waals surface area contributed by atoms with E-state index in [1.807, 2.05) is 31.2 Å². The van der Waals surface area contributed by atoms with E-state index >= 15 is 0 Å². The number of hydrogen-bond acceptors (Lipinski definition) is 3. The van der Waals surface area contributed by atoms with Gasteiger partial charge in [-0.05, 0) is 38.8 Å². The second kappa shape index (κ2) is 7.26. The summed E-state index contributed by atoms with van der Waals surface area (Å²) in [6.07, 6.45) is 0. The van der Waals surface area contributed by atoms with Gasteiger partial charge in [-0.1, -0.05) is 29.8 Å². The van der Waals surface area contributed by atoms with Crippen LogP contribution in [-0.4, -0.2) is 32.4 Å². The van der Waals surface area contributed by atoms with Crippen LogP contribution in [0.3, 0.4) is 0 Å². The van der Waals surface area contributed by atoms with E-state index < -0.39 is 16.1 Å². The lowest BCUT2D eigenvalue weighted by Gasteiger charge is -2.18. The fourth-order valence-corrected chi connectivity index (χ4v) is 2.95. The highest BCUT2D eigenvalue weighted by Crippen LogP contribution is 2.16. The van der Waals surface area contributed by atoms with Crippen molar-refractivity contribution < 1.29 is 13.2 Å². The Labute approximate surface area is 126 Å². The third kappa shape index (κ3) is 5.23. The summed E-state index contributed by atoms with van der Waals surface area (Å²) in [5, 5.41) is 1.09. The molecule has 0 aliphatic carbocycles. The van der Waals surface area contributed by atoms with E-state index in [0.29, 0.717) is 18.7 Å². The fourth-order valence-electron chi connectivity index (χ4n) is 1.92. The van der Waals surface area contributed by atoms with Crippen molar-refractivity contribution in [2.45, 2.75) is 27.7 Å². The van der Waals surface area contributed by atoms with E-state index in [9.17, 15) is 13.2 Å². The molecular formula is C15H22N2O3S. The molecule has 1 N–H and O–H groups in total. The second-order valence-electron chi connectivity index (χ2n) is 4.79. The van der Waals surface area contributed by atoms with Crippen LogP contribution in [-0.2, 0) is 10.0 Å². The van der Waals surface area contributed by atoms with Crippen molar-refractivity contribution in [3.63, 3.8) is 0 Å². The molecule has 0 spiro atoms. The topological polar surface area (TPSA) is 66.5 Å². The SMILES string of the molecule is CCN(CC)C(=O)NS(=O)(=O)C=C(C)c1cccc(C)c1. The van der Waals surface area contributed by atoms with Gasteiger partial charge >= 0.3 is 6.03 Å². The first kappa shape index (κ1) is 17.2. The number of urea groups is 1. The van der Waals surface area contributed by atoms with Gasteiger partial charge in [0.15, 0.2) is 0 Å². The zero-order valence-corrected chi connectivity index (χ0v) is 13.7. The number of carbonyl (C=O) groups excluding carboxylic acids is 1. The monoisotopic (exact) mass is 310 g/mol. The third-order valence-corrected chi connectivity index (χ3v) is 4.21. The van der Waals surface area contributed by atoms with Crippen molar-refractivity contribution >= 4 is 21.6 Å². The van der Waals surface area contributed by atoms with Crippen molar-refractivity contribution in [2.75, 3.05) is 13.1 Å². The molecule has 2 amide bonds. The van der Waals surface area contributed by atoms with Crippen LogP contribution in [0.1, 0.15) is 31.9 Å². The molecule has 0 aromatic heterocycles. The van der Waals surface area contributed by atoms with E-state index in [0.717, 1.165) is 16.5 Å². The number of aryl methyl sites for hydroxylation is 1. The molecule has 5 nitrogen and oxygen atoms in total. The zero-order valence-electron chi connectivity index (χ0n) is 12.9. The number of nitrogens with zero attached hydrogens (tertiary/aromatic N) is 1. The van der Waals surface area contributed by atoms with Gasteiger partial charge in [-0.15, -0.1) is 0 Å². The first-order valence-corrected chi connectivity index (χ1v) is 8.40. The lowest BCUT2D eigenvalue weighted by Crippen LogP contribution is -2.41. The summed E-state index contributed by atoms with van der Waals surface area (Å²) in [5.41, 5.74) is 2.44. The average molecular weight is 310 g/mol. The highest BCUT2D eigenvalue weighted by atomic mass is 32.2. The van der Waals surface area contributed by atoms with Crippen molar-refractivity contribution in [2.24, 2.45) is 0 Å². The number of hydrogen-bond donors (Lipinski definition) is 1. The minimum absolute atomic E-state index is 0.457. The average Bonchev–Trinajstić information content (AvgIpc) is 2.38. The smallest absolute Gasteiger partial charge is 0.325 e. The zero-order chi connectivity index (χ0) is 16.0. The molecule has 0 aliphatic heterocycles. The van der Waals surface area contributed by atoms with Gasteiger partial charge in [-0.2, -0.15) is 0 Å². The lowest BCUT2D eigenvalue weighted by atomic mass is 10.1. The molecular weight excluding hydrogens is 288 g/mol. The highest BCUT2D eigenvalue weighted by Gasteiger charge is 2.16. The van der Waals surface area contributed by atoms with Crippen molar-refractivity contribution in [3.05, 3.63) is 40.8 Å². The molecule has 0 unspecified atom stereocenters. The Morgan fingerprint density at radius 2 is 1.90 bits per heavy atom. The normalized spacial score (nSPS) is 12.1. The van der Waals surface area contributed by atoms with Crippen molar-refractivity contribution in [1.82, 2.24) is 9.62 Å². The van der Waals surface area contributed by atoms with Crippen LogP contribution in [0.4, 0.5) is 4.79 Å². The number of benzene rings is 1. The molecule has 0 atom stereocenters. The molecule has 0 fully saturated rings. The number of nitrogens with one attached hydrogen (secondary N) is 1. The van der Waals surface area contributed by atoms with Crippen LogP contribution in [0.25, 0.3) is 5.57 Å². The minimum Gasteiger partial charge on any atom is -0.325 e. The number of carbonyl (C=O) groups is 1. The largest absolute Gasteiger partial charge is 0.331 e. The van der Waals surface area contributed by atoms with E-state index in [2.05, 4.69) is 4.72 Å². The standard InChI is InChI=1S/C15H22N2O3S/c1-5-17(6-2)15(18)16-21(19,20)11-13(4)14-9-7-8-12(3)10-14/h7-11H,5-6H2,1-4H3,(H,16,18). The van der Waals surface area contributed by atoms with Gasteiger partial charge in [-0.3, -0.25) is 0 Å². The maximum atomic E-state index is 12.0. The van der Waals surface area contributed by atoms with Gasteiger partial charge in [0, 0.05) is 13.1 Å². The Bertz CT molecular complexity index is 632. The van der Waals surface area contributed by atoms with Crippen LogP contribution < -0.4 is 4.72 Å². The summed E-state index contributed by atoms with van der Waals surface area (Å²) < 4.78 is 26.1. The number of amides is 2. The van der Waals surface area contributed by atoms with Crippen LogP contribution in [0.2, 0.25) is 0 Å². The summed E-state index contributed by atoms with van der Waals surface area (Å²) in [4.78, 5) is 13.2. The van der Waals surface area contributed by atoms with Crippen LogP contribution in [0.15, 0.2) is 29.7 Å². The lowest BCUT2D eigenvalue weighted by molar-refractivity contribution is 0.209. The van der Waals surface area contributed by atoms with Gasteiger partial charge < -0.3 is 4.90 Å². The predicted molar refractivity (Wildman–Crippen MR) is 85.2 cm³/mol. The second-order valence-corrected chi connectivity index (χ2v) is 6.32. The number of rotatable bonds is 5. The fraction of sp³-hybridized carbons (Fsp3) is 0.400. The van der Waals surface area contributed by atoms with E-state index in [4.69, 9.17) is 0 Å². The number of sulfonamides is 1. The van der Waals surface area contributed by atoms with E-state index in [-0.39, 0.29) is 0 Å². The predicted octanol–water partition coefficient (Wildman–Crippen LogP) is 2.74. The summed E-state index contributed by atoms with van der Waals surface area (Å²) >= 11 is 0. The Kier molecular flexibility index (Phi) is 5.96. The molecule has 6 heteroatoms. The van der Waals surface area contributed by atoms with Gasteiger partial charge in [0.1, 0.15) is 0 Å². The van der Waals surface area contributed by atoms with Crippen LogP contribution in [0.5, 0.6) is 0 Å². The first-order valence-electron chi connectivity index (χ1n) is 6.86. The molecule has 1 aromatic rings. The summed E-state index contributed by atoms with van der Waals surface area (Å²) in [7, 11) is -3.81. The van der Waals surface area contributed by atoms with Gasteiger partial charge in [-0.25, -0.2) is 17.9 Å². The Morgan fingerprint density at radius 1 is 1.29 bits per heavy atom. The van der Waals surface area contributed by atoms with E-state index in [1.165, 1.54) is 4.90 Å². The molecule has 0 bridgehead atoms. The molecule has 0 heterocycles. The van der Waals surface area contributed by atoms with Gasteiger partial charge in [0.25, 0.3) is 10.0 Å². The first-order chi connectivity index (χ1) is 9.79. The molecule has 0 radical (unpaired) electrons. The summed E-state index contributed by atoms with van der Waals surface area (Å²) in [6, 6.07) is 6.93. The number of allylic oxidation sites excluding steroid dienone is 1. The molecule has 21 heavy (non-hydrogen) atoms. The molecule has 0 saturated heterocycles. The van der Waals surface area contributed by atoms with Gasteiger partial charge in [0.05, 0.1) is 5.41 Å². The molecule has 0 aliphatic rings. The maximum absolute atomic E-state index is 12.0. The Balaban J connectivity index is 2.93. The summed E-state index contributed by atoms with van der Waals surface area (Å²) in [6.45, 7) is 8.15. The highest BCUT2D eigenvalue weighted by molar-refractivity contribution is 7.93. The molecule has 1 aromatic carbocycles. The molecule has 0 saturated carbocycles. The van der Waals surface area contributed by atoms with Gasteiger partial charge in [0.2, 0.25) is 0 Å². The third-order valence-electron chi connectivity index (χ3n) is 3.09.